The fourth-order valence-electron chi connectivity index (χ4n) is 3.73. The molecule has 1 aliphatic carbocycles. The van der Waals surface area contributed by atoms with E-state index >= 15 is 0 Å². The molecule has 0 fully saturated rings. The summed E-state index contributed by atoms with van der Waals surface area (Å²) < 4.78 is 37.2. The zero-order chi connectivity index (χ0) is 31.2. The van der Waals surface area contributed by atoms with Crippen LogP contribution in [-0.4, -0.2) is 18.4 Å². The standard InChI is InChI=1S/C18H15O3P.C13H18O3.CO.Mn.NO/c1-4-10-16(11-5-1)19-22(20-17-12-6-2-7-13-17)21-18-14-8-3-9-15-18;1-4-16-13(15)12(10(3)14)11-8-6-5-7-9(11)2;1-2;;1-2/h1-15H;5-9,11-12H,4H2,1-3H3;;;/q;;;;+1/t;9-,11+,12?;;;/m.1.../s1. The number of ketones is 1. The van der Waals surface area contributed by atoms with Gasteiger partial charge in [0.2, 0.25) is 0 Å². The molecule has 3 aromatic carbocycles. The van der Waals surface area contributed by atoms with Crippen LogP contribution in [0, 0.1) is 29.9 Å². The first kappa shape index (κ1) is 39.0. The molecule has 0 amide bonds. The molecule has 43 heavy (non-hydrogen) atoms. The van der Waals surface area contributed by atoms with Gasteiger partial charge in [-0.1, -0.05) is 85.8 Å². The van der Waals surface area contributed by atoms with E-state index in [2.05, 4.69) is 6.65 Å². The average molecular weight is 646 g/mol. The summed E-state index contributed by atoms with van der Waals surface area (Å²) in [6, 6.07) is 28.5. The molecule has 225 valence electrons. The van der Waals surface area contributed by atoms with Gasteiger partial charge < -0.3 is 18.3 Å². The first-order valence-corrected chi connectivity index (χ1v) is 14.0. The van der Waals surface area contributed by atoms with Crippen molar-refractivity contribution in [2.24, 2.45) is 17.8 Å². The minimum absolute atomic E-state index is 0. The molecular formula is C32H33MnNO8P+. The van der Waals surface area contributed by atoms with E-state index in [-0.39, 0.29) is 34.7 Å². The second-order valence-electron chi connectivity index (χ2n) is 8.48. The van der Waals surface area contributed by atoms with Crippen molar-refractivity contribution in [1.82, 2.24) is 0 Å². The van der Waals surface area contributed by atoms with Crippen LogP contribution in [0.25, 0.3) is 0 Å². The molecule has 0 aliphatic heterocycles. The second kappa shape index (κ2) is 23.6. The maximum atomic E-state index is 11.7. The summed E-state index contributed by atoms with van der Waals surface area (Å²) in [5.74, 6) is 1.02. The van der Waals surface area contributed by atoms with Crippen molar-refractivity contribution >= 4 is 20.4 Å². The number of benzene rings is 3. The molecular weight excluding hydrogens is 612 g/mol. The normalized spacial score (nSPS) is 14.7. The minimum atomic E-state index is -1.59. The van der Waals surface area contributed by atoms with Crippen molar-refractivity contribution in [2.45, 2.75) is 20.8 Å². The van der Waals surface area contributed by atoms with Gasteiger partial charge in [0.1, 0.15) is 28.9 Å². The topological polar surface area (TPSA) is 135 Å². The van der Waals surface area contributed by atoms with Gasteiger partial charge in [0.05, 0.1) is 6.61 Å². The molecule has 4 rings (SSSR count). The number of Topliss-reactive ketones (excluding diaryl/α,β-unsaturated/α-hetero) is 1. The van der Waals surface area contributed by atoms with Crippen molar-refractivity contribution < 1.29 is 54.4 Å². The van der Waals surface area contributed by atoms with Gasteiger partial charge in [-0.2, -0.15) is 0 Å². The van der Waals surface area contributed by atoms with Crippen LogP contribution in [0.1, 0.15) is 20.8 Å². The Morgan fingerprint density at radius 1 is 0.791 bits per heavy atom. The predicted octanol–water partition coefficient (Wildman–Crippen LogP) is 7.44. The molecule has 0 spiro atoms. The molecule has 3 atom stereocenters. The third kappa shape index (κ3) is 14.7. The molecule has 0 saturated carbocycles. The Kier molecular flexibility index (Phi) is 21.4. The molecule has 0 bridgehead atoms. The number of carbonyl (C=O) groups excluding carboxylic acids is 2. The van der Waals surface area contributed by atoms with Crippen LogP contribution in [-0.2, 0) is 40.8 Å². The van der Waals surface area contributed by atoms with Gasteiger partial charge in [0.25, 0.3) is 0 Å². The van der Waals surface area contributed by atoms with E-state index in [1.165, 1.54) is 6.92 Å². The van der Waals surface area contributed by atoms with Crippen LogP contribution in [0.3, 0.4) is 0 Å². The largest absolute Gasteiger partial charge is 0.530 e. The number of hydrogen-bond donors (Lipinski definition) is 0. The zero-order valence-corrected chi connectivity index (χ0v) is 26.0. The maximum Gasteiger partial charge on any atom is 0.530 e. The number of para-hydroxylation sites is 3. The van der Waals surface area contributed by atoms with Gasteiger partial charge in [-0.3, -0.25) is 9.59 Å². The van der Waals surface area contributed by atoms with Gasteiger partial charge >= 0.3 is 36.1 Å². The number of allylic oxidation sites excluding steroid dienone is 4. The smallest absolute Gasteiger partial charge is 0.409 e. The monoisotopic (exact) mass is 645 g/mol. The van der Waals surface area contributed by atoms with Crippen molar-refractivity contribution in [3.63, 3.8) is 0 Å². The van der Waals surface area contributed by atoms with Crippen LogP contribution in [0.2, 0.25) is 0 Å². The van der Waals surface area contributed by atoms with Crippen molar-refractivity contribution in [3.05, 3.63) is 122 Å². The SMILES string of the molecule is CCOC(=O)C(C(C)=O)[C@H]1C=CC=C[C@H]1C.N#[O+].[C-]#[O+].[Mn].c1ccc(OP(Oc2ccccc2)Oc2ccccc2)cc1. The maximum absolute atomic E-state index is 11.7. The Hall–Kier alpha value is -3.96. The van der Waals surface area contributed by atoms with Gasteiger partial charge in [-0.15, -0.1) is 0 Å². The molecule has 1 radical (unpaired) electrons. The molecule has 0 heterocycles. The van der Waals surface area contributed by atoms with Crippen molar-refractivity contribution in [2.75, 3.05) is 6.61 Å². The Bertz CT molecular complexity index is 1180. The number of nitrogens with zero attached hydrogens (tertiary/aromatic N) is 1. The van der Waals surface area contributed by atoms with Crippen molar-refractivity contribution in [1.29, 1.82) is 5.46 Å². The van der Waals surface area contributed by atoms with E-state index < -0.39 is 20.5 Å². The van der Waals surface area contributed by atoms with Gasteiger partial charge in [0.15, 0.2) is 0 Å². The van der Waals surface area contributed by atoms with Crippen LogP contribution in [0.5, 0.6) is 17.2 Å². The molecule has 0 N–H and O–H groups in total. The van der Waals surface area contributed by atoms with E-state index in [0.717, 1.165) is 0 Å². The van der Waals surface area contributed by atoms with Crippen LogP contribution in [0.15, 0.2) is 115 Å². The summed E-state index contributed by atoms with van der Waals surface area (Å²) in [6.07, 6.45) is 7.72. The fourth-order valence-corrected chi connectivity index (χ4v) is 4.73. The number of rotatable bonds is 10. The van der Waals surface area contributed by atoms with E-state index in [1.807, 2.05) is 122 Å². The third-order valence-electron chi connectivity index (χ3n) is 5.60. The van der Waals surface area contributed by atoms with Gasteiger partial charge in [-0.25, -0.2) is 0 Å². The summed E-state index contributed by atoms with van der Waals surface area (Å²) in [6.45, 7) is 10.00. The van der Waals surface area contributed by atoms with Gasteiger partial charge in [-0.05, 0) is 56.2 Å². The summed E-state index contributed by atoms with van der Waals surface area (Å²) in [5, 5.41) is 0. The van der Waals surface area contributed by atoms with E-state index in [4.69, 9.17) is 33.2 Å². The summed E-state index contributed by atoms with van der Waals surface area (Å²) in [4.78, 5) is 23.3. The van der Waals surface area contributed by atoms with Crippen LogP contribution >= 0.6 is 8.60 Å². The predicted molar refractivity (Wildman–Crippen MR) is 156 cm³/mol. The average Bonchev–Trinajstić information content (AvgIpc) is 3.02. The molecule has 3 aromatic rings. The Labute approximate surface area is 264 Å². The number of esters is 1. The molecule has 9 nitrogen and oxygen atoms in total. The first-order chi connectivity index (χ1) is 20.5. The minimum Gasteiger partial charge on any atom is -0.409 e. The molecule has 1 aliphatic rings. The number of hydrogen-bond acceptors (Lipinski definition) is 7. The van der Waals surface area contributed by atoms with Gasteiger partial charge in [0, 0.05) is 23.0 Å². The fraction of sp³-hybridized carbons (Fsp3) is 0.219. The first-order valence-electron chi connectivity index (χ1n) is 12.9. The number of carbonyl (C=O) groups is 2. The summed E-state index contributed by atoms with van der Waals surface area (Å²) in [5.41, 5.74) is 5.75. The molecule has 0 saturated heterocycles. The van der Waals surface area contributed by atoms with E-state index in [0.29, 0.717) is 23.9 Å². The molecule has 11 heteroatoms. The third-order valence-corrected chi connectivity index (χ3v) is 6.68. The quantitative estimate of drug-likeness (QED) is 0.0559. The summed E-state index contributed by atoms with van der Waals surface area (Å²) in [7, 11) is -1.59. The van der Waals surface area contributed by atoms with E-state index in [9.17, 15) is 9.59 Å². The Morgan fingerprint density at radius 3 is 1.49 bits per heavy atom. The molecule has 1 unspecified atom stereocenters. The Balaban J connectivity index is 0.000000749. The van der Waals surface area contributed by atoms with Crippen LogP contribution in [0.4, 0.5) is 0 Å². The second-order valence-corrected chi connectivity index (χ2v) is 9.48. The van der Waals surface area contributed by atoms with E-state index in [1.54, 1.807) is 6.92 Å². The van der Waals surface area contributed by atoms with Crippen molar-refractivity contribution in [3.8, 4) is 17.2 Å². The summed E-state index contributed by atoms with van der Waals surface area (Å²) >= 11 is 0. The molecule has 0 aromatic heterocycles. The Morgan fingerprint density at radius 2 is 1.16 bits per heavy atom. The van der Waals surface area contributed by atoms with Crippen LogP contribution < -0.4 is 13.6 Å². The zero-order valence-electron chi connectivity index (χ0n) is 23.9. The number of ether oxygens (including phenoxy) is 1.